The van der Waals surface area contributed by atoms with E-state index in [1.807, 2.05) is 32.0 Å². The van der Waals surface area contributed by atoms with E-state index in [4.69, 9.17) is 25.7 Å². The molecule has 9 heteroatoms. The molecule has 0 aliphatic rings. The molecule has 224 valence electrons. The fourth-order valence-electron chi connectivity index (χ4n) is 4.39. The molecule has 0 radical (unpaired) electrons. The summed E-state index contributed by atoms with van der Waals surface area (Å²) in [4.78, 5) is 24.5. The molecule has 39 heavy (non-hydrogen) atoms. The minimum atomic E-state index is -0.854. The van der Waals surface area contributed by atoms with Crippen molar-refractivity contribution in [3.8, 4) is 11.5 Å². The van der Waals surface area contributed by atoms with Crippen LogP contribution < -0.4 is 26.3 Å². The normalized spacial score (nSPS) is 15.1. The lowest BCUT2D eigenvalue weighted by Gasteiger charge is -2.30. The van der Waals surface area contributed by atoms with Gasteiger partial charge < -0.3 is 36.1 Å². The number of carbonyl (C=O) groups is 2. The first-order valence-corrected chi connectivity index (χ1v) is 14.0. The fraction of sp³-hybridized carbons (Fsp3) is 0.733. The highest BCUT2D eigenvalue weighted by atomic mass is 16.5. The maximum absolute atomic E-state index is 12.9. The van der Waals surface area contributed by atoms with Crippen molar-refractivity contribution in [2.24, 2.45) is 40.6 Å². The molecule has 2 amide bonds. The molecule has 1 aromatic carbocycles. The van der Waals surface area contributed by atoms with Crippen molar-refractivity contribution < 1.29 is 28.9 Å². The first-order chi connectivity index (χ1) is 18.2. The van der Waals surface area contributed by atoms with Crippen LogP contribution in [0.2, 0.25) is 0 Å². The van der Waals surface area contributed by atoms with Gasteiger partial charge in [-0.2, -0.15) is 0 Å². The van der Waals surface area contributed by atoms with E-state index in [0.29, 0.717) is 37.1 Å². The van der Waals surface area contributed by atoms with Gasteiger partial charge in [-0.15, -0.1) is 0 Å². The van der Waals surface area contributed by atoms with Gasteiger partial charge in [0, 0.05) is 38.6 Å². The lowest BCUT2D eigenvalue weighted by molar-refractivity contribution is -0.130. The highest BCUT2D eigenvalue weighted by molar-refractivity contribution is 5.83. The number of aliphatic hydroxyl groups is 1. The molecule has 0 aliphatic heterocycles. The van der Waals surface area contributed by atoms with Crippen LogP contribution in [0.4, 0.5) is 0 Å². The maximum Gasteiger partial charge on any atom is 0.224 e. The van der Waals surface area contributed by atoms with Crippen molar-refractivity contribution in [2.75, 3.05) is 34.0 Å². The van der Waals surface area contributed by atoms with Crippen molar-refractivity contribution in [2.45, 2.75) is 79.4 Å². The zero-order valence-corrected chi connectivity index (χ0v) is 25.3. The average molecular weight is 552 g/mol. The van der Waals surface area contributed by atoms with Gasteiger partial charge in [-0.25, -0.2) is 0 Å². The van der Waals surface area contributed by atoms with Crippen molar-refractivity contribution in [1.82, 2.24) is 5.32 Å². The Morgan fingerprint density at radius 1 is 1.03 bits per heavy atom. The molecule has 9 nitrogen and oxygen atoms in total. The van der Waals surface area contributed by atoms with E-state index in [1.54, 1.807) is 28.1 Å². The summed E-state index contributed by atoms with van der Waals surface area (Å²) < 4.78 is 16.5. The third kappa shape index (κ3) is 11.7. The van der Waals surface area contributed by atoms with E-state index in [-0.39, 0.29) is 30.7 Å². The average Bonchev–Trinajstić information content (AvgIpc) is 2.87. The lowest BCUT2D eigenvalue weighted by atomic mass is 9.80. The molecule has 0 heterocycles. The monoisotopic (exact) mass is 551 g/mol. The number of hydrogen-bond acceptors (Lipinski definition) is 7. The van der Waals surface area contributed by atoms with Crippen molar-refractivity contribution in [3.05, 3.63) is 23.8 Å². The predicted octanol–water partition coefficient (Wildman–Crippen LogP) is 3.29. The summed E-state index contributed by atoms with van der Waals surface area (Å²) >= 11 is 0. The molecular weight excluding hydrogens is 498 g/mol. The zero-order chi connectivity index (χ0) is 29.8. The van der Waals surface area contributed by atoms with Crippen molar-refractivity contribution >= 4 is 11.8 Å². The van der Waals surface area contributed by atoms with Crippen LogP contribution in [0.1, 0.15) is 66.4 Å². The summed E-state index contributed by atoms with van der Waals surface area (Å²) in [5.74, 6) is 0.792. The first kappa shape index (κ1) is 34.7. The summed E-state index contributed by atoms with van der Waals surface area (Å²) in [7, 11) is 3.29. The molecule has 1 aromatic rings. The number of amides is 2. The van der Waals surface area contributed by atoms with Crippen LogP contribution >= 0.6 is 0 Å². The number of aliphatic hydroxyl groups excluding tert-OH is 1. The fourth-order valence-corrected chi connectivity index (χ4v) is 4.39. The Morgan fingerprint density at radius 2 is 1.69 bits per heavy atom. The van der Waals surface area contributed by atoms with Crippen LogP contribution in [-0.4, -0.2) is 63.0 Å². The molecule has 0 aliphatic carbocycles. The van der Waals surface area contributed by atoms with E-state index in [2.05, 4.69) is 19.2 Å². The quantitative estimate of drug-likeness (QED) is 0.193. The summed E-state index contributed by atoms with van der Waals surface area (Å²) in [5.41, 5.74) is 12.2. The number of ether oxygens (including phenoxy) is 3. The van der Waals surface area contributed by atoms with Crippen LogP contribution in [0.3, 0.4) is 0 Å². The Kier molecular flexibility index (Phi) is 14.8. The smallest absolute Gasteiger partial charge is 0.224 e. The number of hydrogen-bond donors (Lipinski definition) is 4. The number of benzene rings is 1. The second-order valence-electron chi connectivity index (χ2n) is 11.9. The number of primary amides is 1. The lowest BCUT2D eigenvalue weighted by Crippen LogP contribution is -2.46. The zero-order valence-electron chi connectivity index (χ0n) is 25.3. The molecule has 0 aromatic heterocycles. The number of rotatable bonds is 19. The van der Waals surface area contributed by atoms with Gasteiger partial charge >= 0.3 is 0 Å². The molecule has 6 N–H and O–H groups in total. The number of nitrogens with one attached hydrogen (secondary N) is 1. The van der Waals surface area contributed by atoms with Gasteiger partial charge in [0.2, 0.25) is 11.8 Å². The Hall–Kier alpha value is -2.36. The van der Waals surface area contributed by atoms with Crippen LogP contribution in [0, 0.1) is 29.1 Å². The van der Waals surface area contributed by atoms with Gasteiger partial charge in [0.05, 0.1) is 25.2 Å². The Morgan fingerprint density at radius 3 is 2.23 bits per heavy atom. The van der Waals surface area contributed by atoms with Gasteiger partial charge in [0.25, 0.3) is 0 Å². The highest BCUT2D eigenvalue weighted by Gasteiger charge is 2.32. The van der Waals surface area contributed by atoms with Crippen LogP contribution in [0.5, 0.6) is 11.5 Å². The van der Waals surface area contributed by atoms with Crippen LogP contribution in [0.15, 0.2) is 18.2 Å². The molecule has 0 saturated heterocycles. The molecule has 0 saturated carbocycles. The van der Waals surface area contributed by atoms with Gasteiger partial charge in [0.15, 0.2) is 11.5 Å². The molecule has 0 bridgehead atoms. The minimum Gasteiger partial charge on any atom is -0.493 e. The first-order valence-electron chi connectivity index (χ1n) is 14.0. The second kappa shape index (κ2) is 16.7. The van der Waals surface area contributed by atoms with E-state index in [0.717, 1.165) is 18.4 Å². The summed E-state index contributed by atoms with van der Waals surface area (Å²) in [6.07, 6.45) is 1.56. The highest BCUT2D eigenvalue weighted by Crippen LogP contribution is 2.32. The Balaban J connectivity index is 2.87. The van der Waals surface area contributed by atoms with E-state index in [1.165, 1.54) is 0 Å². The second-order valence-corrected chi connectivity index (χ2v) is 11.9. The summed E-state index contributed by atoms with van der Waals surface area (Å²) in [6, 6.07) is 5.47. The third-order valence-corrected chi connectivity index (χ3v) is 7.50. The molecule has 1 rings (SSSR count). The SMILES string of the molecule is COCCCOc1cc(CC(CC(N)C(O)CC(C(=O)NCC(C)(C)C(N)=O)C(C)C)C(C)C)ccc1OC. The van der Waals surface area contributed by atoms with Gasteiger partial charge in [-0.05, 0) is 68.6 Å². The van der Waals surface area contributed by atoms with Crippen LogP contribution in [-0.2, 0) is 20.7 Å². The Labute approximate surface area is 235 Å². The van der Waals surface area contributed by atoms with E-state index >= 15 is 0 Å². The minimum absolute atomic E-state index is 0.00829. The molecule has 0 spiro atoms. The number of carbonyl (C=O) groups excluding carboxylic acids is 2. The molecular formula is C30H53N3O6. The Bertz CT molecular complexity index is 889. The largest absolute Gasteiger partial charge is 0.493 e. The molecule has 4 atom stereocenters. The standard InChI is InChI=1S/C30H53N3O6/c1-19(2)22(14-21-10-11-26(38-8)27(15-21)39-13-9-12-37-7)16-24(31)25(34)17-23(20(3)4)28(35)33-18-30(5,6)29(32)36/h10-11,15,19-20,22-25,34H,9,12-14,16-18,31H2,1-8H3,(H2,32,36)(H,33,35). The molecule has 0 fully saturated rings. The van der Waals surface area contributed by atoms with Gasteiger partial charge in [-0.1, -0.05) is 33.8 Å². The summed E-state index contributed by atoms with van der Waals surface area (Å²) in [5, 5.41) is 13.9. The van der Waals surface area contributed by atoms with Gasteiger partial charge in [0.1, 0.15) is 0 Å². The number of methoxy groups -OCH3 is 2. The van der Waals surface area contributed by atoms with E-state index < -0.39 is 29.4 Å². The van der Waals surface area contributed by atoms with Crippen LogP contribution in [0.25, 0.3) is 0 Å². The third-order valence-electron chi connectivity index (χ3n) is 7.50. The summed E-state index contributed by atoms with van der Waals surface area (Å²) in [6.45, 7) is 12.9. The molecule has 4 unspecified atom stereocenters. The van der Waals surface area contributed by atoms with Crippen molar-refractivity contribution in [3.63, 3.8) is 0 Å². The van der Waals surface area contributed by atoms with Gasteiger partial charge in [-0.3, -0.25) is 9.59 Å². The van der Waals surface area contributed by atoms with Crippen molar-refractivity contribution in [1.29, 1.82) is 0 Å². The van der Waals surface area contributed by atoms with E-state index in [9.17, 15) is 14.7 Å². The predicted molar refractivity (Wildman–Crippen MR) is 155 cm³/mol. The topological polar surface area (TPSA) is 146 Å². The maximum atomic E-state index is 12.9. The number of nitrogens with two attached hydrogens (primary N) is 2.